The Labute approximate surface area is 197 Å². The molecule has 1 aliphatic rings. The summed E-state index contributed by atoms with van der Waals surface area (Å²) in [7, 11) is 0. The number of nitrogens with zero attached hydrogens (tertiary/aromatic N) is 7. The quantitative estimate of drug-likeness (QED) is 0.478. The van der Waals surface area contributed by atoms with Crippen LogP contribution < -0.4 is 10.2 Å². The summed E-state index contributed by atoms with van der Waals surface area (Å²) >= 11 is 0. The minimum Gasteiger partial charge on any atom is -0.342 e. The third kappa shape index (κ3) is 3.59. The molecule has 0 aliphatic carbocycles. The number of carbonyl (C=O) groups is 1. The zero-order valence-corrected chi connectivity index (χ0v) is 19.6. The number of rotatable bonds is 5. The van der Waals surface area contributed by atoms with Gasteiger partial charge in [0.05, 0.1) is 24.1 Å². The average Bonchev–Trinajstić information content (AvgIpc) is 3.25. The Morgan fingerprint density at radius 2 is 1.91 bits per heavy atom. The van der Waals surface area contributed by atoms with Gasteiger partial charge in [-0.3, -0.25) is 14.3 Å². The maximum atomic E-state index is 12.8. The lowest BCUT2D eigenvalue weighted by atomic mass is 10.1. The molecule has 1 aromatic carbocycles. The summed E-state index contributed by atoms with van der Waals surface area (Å²) in [6, 6.07) is 11.1. The van der Waals surface area contributed by atoms with Crippen molar-refractivity contribution in [3.63, 3.8) is 0 Å². The summed E-state index contributed by atoms with van der Waals surface area (Å²) in [6.45, 7) is 8.36. The Hall–Kier alpha value is -4.14. The summed E-state index contributed by atoms with van der Waals surface area (Å²) in [5.41, 5.74) is 2.67. The third-order valence-electron chi connectivity index (χ3n) is 6.01. The first kappa shape index (κ1) is 21.7. The van der Waals surface area contributed by atoms with Crippen LogP contribution in [0, 0.1) is 6.92 Å². The number of benzene rings is 1. The predicted molar refractivity (Wildman–Crippen MR) is 130 cm³/mol. The smallest absolute Gasteiger partial charge is 0.255 e. The summed E-state index contributed by atoms with van der Waals surface area (Å²) < 4.78 is 2.04. The number of carbonyl (C=O) groups excluding carboxylic acids is 1. The van der Waals surface area contributed by atoms with E-state index in [9.17, 15) is 4.79 Å². The van der Waals surface area contributed by atoms with Gasteiger partial charge in [0.15, 0.2) is 17.5 Å². The monoisotopic (exact) mass is 454 g/mol. The second-order valence-electron chi connectivity index (χ2n) is 8.51. The van der Waals surface area contributed by atoms with Gasteiger partial charge in [-0.15, -0.1) is 10.2 Å². The van der Waals surface area contributed by atoms with E-state index in [2.05, 4.69) is 51.2 Å². The van der Waals surface area contributed by atoms with Gasteiger partial charge in [-0.2, -0.15) is 0 Å². The van der Waals surface area contributed by atoms with E-state index in [1.165, 1.54) is 0 Å². The van der Waals surface area contributed by atoms with Gasteiger partial charge >= 0.3 is 0 Å². The highest BCUT2D eigenvalue weighted by Crippen LogP contribution is 2.41. The largest absolute Gasteiger partial charge is 0.342 e. The Balaban J connectivity index is 1.60. The van der Waals surface area contributed by atoms with E-state index in [-0.39, 0.29) is 18.0 Å². The van der Waals surface area contributed by atoms with Crippen LogP contribution in [-0.4, -0.2) is 41.7 Å². The number of hydrogen-bond donors (Lipinski definition) is 1. The number of nitrogens with one attached hydrogen (secondary N) is 1. The SMILES string of the molecule is CC[C@@H]1c2nnc(C)n2-c2cnc(-c3ccncc3NC(=O)c3ccccc3)nc2N1C(C)C. The van der Waals surface area contributed by atoms with Crippen molar-refractivity contribution in [2.45, 2.75) is 46.2 Å². The molecule has 4 aromatic rings. The van der Waals surface area contributed by atoms with Gasteiger partial charge < -0.3 is 10.2 Å². The van der Waals surface area contributed by atoms with Gasteiger partial charge in [-0.1, -0.05) is 25.1 Å². The Morgan fingerprint density at radius 3 is 2.65 bits per heavy atom. The highest BCUT2D eigenvalue weighted by atomic mass is 16.1. The van der Waals surface area contributed by atoms with E-state index >= 15 is 0 Å². The van der Waals surface area contributed by atoms with E-state index < -0.39 is 0 Å². The van der Waals surface area contributed by atoms with Crippen molar-refractivity contribution < 1.29 is 4.79 Å². The van der Waals surface area contributed by atoms with E-state index in [4.69, 9.17) is 4.98 Å². The van der Waals surface area contributed by atoms with Crippen LogP contribution in [0.5, 0.6) is 0 Å². The first-order chi connectivity index (χ1) is 16.5. The van der Waals surface area contributed by atoms with Gasteiger partial charge in [-0.25, -0.2) is 9.97 Å². The van der Waals surface area contributed by atoms with E-state index in [0.717, 1.165) is 29.6 Å². The fourth-order valence-corrected chi connectivity index (χ4v) is 4.46. The van der Waals surface area contributed by atoms with Crippen molar-refractivity contribution in [2.24, 2.45) is 0 Å². The van der Waals surface area contributed by atoms with Crippen molar-refractivity contribution in [3.8, 4) is 17.1 Å². The number of amides is 1. The molecule has 3 aromatic heterocycles. The van der Waals surface area contributed by atoms with Crippen molar-refractivity contribution in [1.29, 1.82) is 0 Å². The molecule has 0 fully saturated rings. The maximum absolute atomic E-state index is 12.8. The zero-order chi connectivity index (χ0) is 23.8. The summed E-state index contributed by atoms with van der Waals surface area (Å²) in [5, 5.41) is 11.7. The Bertz CT molecular complexity index is 1350. The van der Waals surface area contributed by atoms with E-state index in [0.29, 0.717) is 22.6 Å². The van der Waals surface area contributed by atoms with Crippen LogP contribution in [-0.2, 0) is 0 Å². The number of fused-ring (bicyclic) bond motifs is 3. The van der Waals surface area contributed by atoms with Crippen LogP contribution in [0.25, 0.3) is 17.1 Å². The zero-order valence-electron chi connectivity index (χ0n) is 19.6. The highest BCUT2D eigenvalue weighted by Gasteiger charge is 2.36. The van der Waals surface area contributed by atoms with Crippen molar-refractivity contribution in [2.75, 3.05) is 10.2 Å². The minimum atomic E-state index is -0.215. The van der Waals surface area contributed by atoms with Gasteiger partial charge in [0, 0.05) is 23.4 Å². The molecule has 0 saturated heterocycles. The fraction of sp³-hybridized carbons (Fsp3) is 0.280. The number of aryl methyl sites for hydroxylation is 1. The van der Waals surface area contributed by atoms with Gasteiger partial charge in [0.1, 0.15) is 11.5 Å². The molecule has 1 atom stereocenters. The molecule has 172 valence electrons. The molecule has 1 N–H and O–H groups in total. The lowest BCUT2D eigenvalue weighted by Gasteiger charge is -2.39. The Morgan fingerprint density at radius 1 is 1.12 bits per heavy atom. The van der Waals surface area contributed by atoms with Crippen LogP contribution in [0.4, 0.5) is 11.5 Å². The molecule has 34 heavy (non-hydrogen) atoms. The molecule has 4 heterocycles. The lowest BCUT2D eigenvalue weighted by molar-refractivity contribution is 0.102. The van der Waals surface area contributed by atoms with Crippen LogP contribution in [0.2, 0.25) is 0 Å². The summed E-state index contributed by atoms with van der Waals surface area (Å²) in [4.78, 5) is 28.9. The summed E-state index contributed by atoms with van der Waals surface area (Å²) in [6.07, 6.45) is 5.97. The van der Waals surface area contributed by atoms with Crippen molar-refractivity contribution >= 4 is 17.4 Å². The molecule has 1 amide bonds. The molecule has 9 nitrogen and oxygen atoms in total. The second kappa shape index (κ2) is 8.66. The standard InChI is InChI=1S/C25H26N8O/c1-5-20-24-31-30-16(4)33(24)21-14-27-22(29-23(21)32(20)15(2)3)18-11-12-26-13-19(18)28-25(34)17-9-7-6-8-10-17/h6-15,20H,5H2,1-4H3,(H,28,34)/t20-/m1/s1. The molecule has 5 rings (SSSR count). The molecule has 0 spiro atoms. The summed E-state index contributed by atoms with van der Waals surface area (Å²) in [5.74, 6) is 2.82. The molecule has 0 unspecified atom stereocenters. The lowest BCUT2D eigenvalue weighted by Crippen LogP contribution is -2.40. The topological polar surface area (TPSA) is 102 Å². The van der Waals surface area contributed by atoms with Crippen LogP contribution in [0.1, 0.15) is 55.2 Å². The van der Waals surface area contributed by atoms with Crippen molar-refractivity contribution in [1.82, 2.24) is 29.7 Å². The molecule has 0 saturated carbocycles. The molecule has 1 aliphatic heterocycles. The first-order valence-corrected chi connectivity index (χ1v) is 11.4. The van der Waals surface area contributed by atoms with Crippen LogP contribution in [0.15, 0.2) is 55.0 Å². The molecular weight excluding hydrogens is 428 g/mol. The highest BCUT2D eigenvalue weighted by molar-refractivity contribution is 6.05. The first-order valence-electron chi connectivity index (χ1n) is 11.4. The van der Waals surface area contributed by atoms with Gasteiger partial charge in [-0.05, 0) is 45.4 Å². The predicted octanol–water partition coefficient (Wildman–Crippen LogP) is 4.36. The fourth-order valence-electron chi connectivity index (χ4n) is 4.46. The minimum absolute atomic E-state index is 0.0474. The number of pyridine rings is 1. The normalized spacial score (nSPS) is 14.6. The van der Waals surface area contributed by atoms with Gasteiger partial charge in [0.25, 0.3) is 5.91 Å². The maximum Gasteiger partial charge on any atom is 0.255 e. The third-order valence-corrected chi connectivity index (χ3v) is 6.01. The van der Waals surface area contributed by atoms with E-state index in [1.54, 1.807) is 24.5 Å². The Kier molecular flexibility index (Phi) is 5.53. The number of hydrogen-bond acceptors (Lipinski definition) is 7. The van der Waals surface area contributed by atoms with Gasteiger partial charge in [0.2, 0.25) is 0 Å². The van der Waals surface area contributed by atoms with Crippen LogP contribution >= 0.6 is 0 Å². The number of aromatic nitrogens is 6. The van der Waals surface area contributed by atoms with E-state index in [1.807, 2.05) is 42.0 Å². The molecule has 9 heteroatoms. The van der Waals surface area contributed by atoms with Crippen LogP contribution in [0.3, 0.4) is 0 Å². The molecular formula is C25H26N8O. The van der Waals surface area contributed by atoms with Crippen molar-refractivity contribution in [3.05, 3.63) is 72.2 Å². The number of anilines is 2. The molecule has 0 radical (unpaired) electrons. The second-order valence-corrected chi connectivity index (χ2v) is 8.51. The average molecular weight is 455 g/mol. The molecule has 0 bridgehead atoms.